The lowest BCUT2D eigenvalue weighted by atomic mass is 9.86. The van der Waals surface area contributed by atoms with Gasteiger partial charge in [0.1, 0.15) is 5.41 Å². The number of rotatable bonds is 3. The third-order valence-electron chi connectivity index (χ3n) is 5.23. The van der Waals surface area contributed by atoms with Crippen LogP contribution in [0.2, 0.25) is 0 Å². The number of carboxylic acid groups (broad SMARTS) is 1. The summed E-state index contributed by atoms with van der Waals surface area (Å²) in [5.41, 5.74) is 0.00174. The second kappa shape index (κ2) is 6.04. The predicted octanol–water partition coefficient (Wildman–Crippen LogP) is 2.40. The molecule has 3 rings (SSSR count). The molecule has 0 spiro atoms. The molecule has 0 radical (unpaired) electrons. The van der Waals surface area contributed by atoms with Crippen molar-refractivity contribution in [1.82, 2.24) is 4.90 Å². The smallest absolute Gasteiger partial charge is 0.308 e. The van der Waals surface area contributed by atoms with Gasteiger partial charge in [0.2, 0.25) is 5.91 Å². The van der Waals surface area contributed by atoms with E-state index in [0.717, 1.165) is 18.4 Å². The van der Waals surface area contributed by atoms with Crippen LogP contribution >= 0.6 is 0 Å². The molecule has 120 valence electrons. The number of carboxylic acids is 1. The molecule has 1 aliphatic carbocycles. The zero-order chi connectivity index (χ0) is 16.4. The van der Waals surface area contributed by atoms with E-state index in [0.29, 0.717) is 19.4 Å². The number of nitrogens with zero attached hydrogens (tertiary/aromatic N) is 2. The third kappa shape index (κ3) is 2.70. The van der Waals surface area contributed by atoms with Gasteiger partial charge in [0.15, 0.2) is 0 Å². The van der Waals surface area contributed by atoms with Gasteiger partial charge >= 0.3 is 5.97 Å². The van der Waals surface area contributed by atoms with Crippen LogP contribution in [0.15, 0.2) is 30.3 Å². The van der Waals surface area contributed by atoms with Gasteiger partial charge in [-0.3, -0.25) is 9.59 Å². The van der Waals surface area contributed by atoms with Crippen molar-refractivity contribution in [3.8, 4) is 6.07 Å². The molecule has 2 fully saturated rings. The first-order valence-corrected chi connectivity index (χ1v) is 8.06. The highest BCUT2D eigenvalue weighted by molar-refractivity contribution is 5.87. The minimum atomic E-state index is -0.936. The van der Waals surface area contributed by atoms with Crippen molar-refractivity contribution < 1.29 is 14.7 Å². The Labute approximate surface area is 135 Å². The van der Waals surface area contributed by atoms with Crippen molar-refractivity contribution in [3.63, 3.8) is 0 Å². The van der Waals surface area contributed by atoms with Crippen LogP contribution in [0.4, 0.5) is 0 Å². The van der Waals surface area contributed by atoms with Crippen molar-refractivity contribution in [2.75, 3.05) is 13.1 Å². The molecule has 2 atom stereocenters. The van der Waals surface area contributed by atoms with Gasteiger partial charge in [-0.1, -0.05) is 43.2 Å². The van der Waals surface area contributed by atoms with Crippen LogP contribution in [-0.2, 0) is 9.59 Å². The standard InChI is InChI=1S/C18H20N2O3/c19-12-18(8-4-5-9-18)17(23)20-10-14(15(11-20)16(21)22)13-6-2-1-3-7-13/h1-3,6-7,14-15H,4-5,8-11H2,(H,21,22). The molecule has 2 aliphatic rings. The molecular weight excluding hydrogens is 292 g/mol. The number of hydrogen-bond acceptors (Lipinski definition) is 3. The van der Waals surface area contributed by atoms with E-state index in [9.17, 15) is 20.0 Å². The summed E-state index contributed by atoms with van der Waals surface area (Å²) < 4.78 is 0. The first kappa shape index (κ1) is 15.5. The monoisotopic (exact) mass is 312 g/mol. The number of aliphatic carboxylic acids is 1. The van der Waals surface area contributed by atoms with Crippen LogP contribution in [0.1, 0.15) is 37.2 Å². The minimum Gasteiger partial charge on any atom is -0.481 e. The number of nitriles is 1. The van der Waals surface area contributed by atoms with E-state index in [1.807, 2.05) is 30.3 Å². The zero-order valence-corrected chi connectivity index (χ0v) is 12.9. The summed E-state index contributed by atoms with van der Waals surface area (Å²) in [5, 5.41) is 19.0. The van der Waals surface area contributed by atoms with E-state index in [4.69, 9.17) is 0 Å². The fourth-order valence-corrected chi connectivity index (χ4v) is 3.91. The van der Waals surface area contributed by atoms with Crippen molar-refractivity contribution >= 4 is 11.9 Å². The van der Waals surface area contributed by atoms with Crippen molar-refractivity contribution in [3.05, 3.63) is 35.9 Å². The normalized spacial score (nSPS) is 26.0. The summed E-state index contributed by atoms with van der Waals surface area (Å²) in [6.45, 7) is 0.570. The average Bonchev–Trinajstić information content (AvgIpc) is 3.23. The number of carbonyl (C=O) groups is 2. The highest BCUT2D eigenvalue weighted by Crippen LogP contribution is 2.42. The zero-order valence-electron chi connectivity index (χ0n) is 12.9. The van der Waals surface area contributed by atoms with Gasteiger partial charge in [0.25, 0.3) is 0 Å². The van der Waals surface area contributed by atoms with Crippen LogP contribution in [0, 0.1) is 22.7 Å². The van der Waals surface area contributed by atoms with E-state index in [2.05, 4.69) is 6.07 Å². The molecule has 5 heteroatoms. The Morgan fingerprint density at radius 3 is 2.39 bits per heavy atom. The molecule has 1 saturated heterocycles. The molecule has 5 nitrogen and oxygen atoms in total. The summed E-state index contributed by atoms with van der Waals surface area (Å²) in [6, 6.07) is 11.7. The summed E-state index contributed by atoms with van der Waals surface area (Å²) >= 11 is 0. The lowest BCUT2D eigenvalue weighted by Gasteiger charge is -2.26. The second-order valence-corrected chi connectivity index (χ2v) is 6.57. The molecule has 23 heavy (non-hydrogen) atoms. The summed E-state index contributed by atoms with van der Waals surface area (Å²) in [7, 11) is 0. The van der Waals surface area contributed by atoms with Crippen LogP contribution in [0.25, 0.3) is 0 Å². The Hall–Kier alpha value is -2.35. The maximum absolute atomic E-state index is 12.9. The fourth-order valence-electron chi connectivity index (χ4n) is 3.91. The molecule has 1 aliphatic heterocycles. The minimum absolute atomic E-state index is 0.179. The molecule has 0 aromatic heterocycles. The van der Waals surface area contributed by atoms with Crippen molar-refractivity contribution in [2.24, 2.45) is 11.3 Å². The Bertz CT molecular complexity index is 644. The molecule has 1 N–H and O–H groups in total. The molecule has 1 aromatic rings. The molecular formula is C18H20N2O3. The van der Waals surface area contributed by atoms with E-state index in [1.165, 1.54) is 0 Å². The quantitative estimate of drug-likeness (QED) is 0.929. The van der Waals surface area contributed by atoms with E-state index < -0.39 is 17.3 Å². The Kier molecular flexibility index (Phi) is 4.08. The number of hydrogen-bond donors (Lipinski definition) is 1. The average molecular weight is 312 g/mol. The van der Waals surface area contributed by atoms with E-state index in [-0.39, 0.29) is 18.4 Å². The Balaban J connectivity index is 1.85. The van der Waals surface area contributed by atoms with Crippen LogP contribution in [0.3, 0.4) is 0 Å². The summed E-state index contributed by atoms with van der Waals surface area (Å²) in [6.07, 6.45) is 2.95. The van der Waals surface area contributed by atoms with Crippen LogP contribution in [0.5, 0.6) is 0 Å². The SMILES string of the molecule is N#CC1(C(=O)N2CC(C(=O)O)C(c3ccccc3)C2)CCCC1. The topological polar surface area (TPSA) is 81.4 Å². The third-order valence-corrected chi connectivity index (χ3v) is 5.23. The van der Waals surface area contributed by atoms with Gasteiger partial charge in [-0.15, -0.1) is 0 Å². The number of amides is 1. The lowest BCUT2D eigenvalue weighted by Crippen LogP contribution is -2.41. The van der Waals surface area contributed by atoms with Gasteiger partial charge in [-0.05, 0) is 18.4 Å². The first-order valence-electron chi connectivity index (χ1n) is 8.06. The predicted molar refractivity (Wildman–Crippen MR) is 83.4 cm³/mol. The molecule has 2 unspecified atom stereocenters. The van der Waals surface area contributed by atoms with Gasteiger partial charge in [0.05, 0.1) is 12.0 Å². The Morgan fingerprint density at radius 2 is 1.83 bits per heavy atom. The fraction of sp³-hybridized carbons (Fsp3) is 0.500. The summed E-state index contributed by atoms with van der Waals surface area (Å²) in [4.78, 5) is 26.1. The van der Waals surface area contributed by atoms with Gasteiger partial charge in [0, 0.05) is 19.0 Å². The molecule has 0 bridgehead atoms. The second-order valence-electron chi connectivity index (χ2n) is 6.57. The summed E-state index contributed by atoms with van der Waals surface area (Å²) in [5.74, 6) is -1.89. The van der Waals surface area contributed by atoms with Gasteiger partial charge < -0.3 is 10.0 Å². The van der Waals surface area contributed by atoms with E-state index in [1.54, 1.807) is 4.90 Å². The largest absolute Gasteiger partial charge is 0.481 e. The molecule has 1 amide bonds. The van der Waals surface area contributed by atoms with Crippen molar-refractivity contribution in [2.45, 2.75) is 31.6 Å². The van der Waals surface area contributed by atoms with E-state index >= 15 is 0 Å². The number of carbonyl (C=O) groups excluding carboxylic acids is 1. The maximum atomic E-state index is 12.9. The van der Waals surface area contributed by atoms with Crippen LogP contribution in [-0.4, -0.2) is 35.0 Å². The first-order chi connectivity index (χ1) is 11.1. The molecule has 1 heterocycles. The van der Waals surface area contributed by atoms with Gasteiger partial charge in [-0.25, -0.2) is 0 Å². The van der Waals surface area contributed by atoms with Crippen LogP contribution < -0.4 is 0 Å². The molecule has 1 aromatic carbocycles. The van der Waals surface area contributed by atoms with Gasteiger partial charge in [-0.2, -0.15) is 5.26 Å². The maximum Gasteiger partial charge on any atom is 0.308 e. The lowest BCUT2D eigenvalue weighted by molar-refractivity contribution is -0.142. The number of benzene rings is 1. The highest BCUT2D eigenvalue weighted by Gasteiger charge is 2.48. The highest BCUT2D eigenvalue weighted by atomic mass is 16.4. The Morgan fingerprint density at radius 1 is 1.17 bits per heavy atom. The molecule has 1 saturated carbocycles. The van der Waals surface area contributed by atoms with Crippen molar-refractivity contribution in [1.29, 1.82) is 5.26 Å². The number of likely N-dealkylation sites (tertiary alicyclic amines) is 1.